The third kappa shape index (κ3) is 4.83. The maximum absolute atomic E-state index is 5.41. The summed E-state index contributed by atoms with van der Waals surface area (Å²) in [6.07, 6.45) is 2.05. The number of nitrogens with one attached hydrogen (secondary N) is 1. The van der Waals surface area contributed by atoms with E-state index >= 15 is 0 Å². The molecule has 6 heteroatoms. The number of ether oxygens (including phenoxy) is 1. The van der Waals surface area contributed by atoms with Crippen molar-refractivity contribution in [2.75, 3.05) is 27.7 Å². The van der Waals surface area contributed by atoms with Crippen molar-refractivity contribution in [3.8, 4) is 0 Å². The molecule has 0 amide bonds. The maximum atomic E-state index is 5.41. The Labute approximate surface area is 130 Å². The first-order valence-corrected chi connectivity index (χ1v) is 7.36. The molecule has 0 aliphatic carbocycles. The average molecular weight is 345 g/mol. The molecule has 0 bridgehead atoms. The van der Waals surface area contributed by atoms with E-state index in [1.54, 1.807) is 14.2 Å². The summed E-state index contributed by atoms with van der Waals surface area (Å²) < 4.78 is 8.60. The zero-order valence-electron chi connectivity index (χ0n) is 13.2. The Kier molecular flexibility index (Phi) is 6.07. The summed E-state index contributed by atoms with van der Waals surface area (Å²) in [5, 5.41) is 3.34. The zero-order valence-corrected chi connectivity index (χ0v) is 14.8. The lowest BCUT2D eigenvalue weighted by atomic mass is 10.1. The molecule has 1 rings (SSSR count). The Bertz CT molecular complexity index is 468. The number of aryl methyl sites for hydroxylation is 1. The molecule has 5 nitrogen and oxygen atoms in total. The quantitative estimate of drug-likeness (QED) is 0.657. The van der Waals surface area contributed by atoms with Gasteiger partial charge in [0.05, 0.1) is 12.1 Å². The van der Waals surface area contributed by atoms with E-state index in [1.165, 1.54) is 5.69 Å². The summed E-state index contributed by atoms with van der Waals surface area (Å²) in [6, 6.07) is 2.11. The smallest absolute Gasteiger partial charge is 0.193 e. The van der Waals surface area contributed by atoms with Crippen LogP contribution in [0.1, 0.15) is 19.5 Å². The molecule has 0 saturated heterocycles. The van der Waals surface area contributed by atoms with Gasteiger partial charge < -0.3 is 19.5 Å². The van der Waals surface area contributed by atoms with Crippen LogP contribution in [-0.2, 0) is 18.3 Å². The van der Waals surface area contributed by atoms with Crippen LogP contribution in [0.15, 0.2) is 21.7 Å². The van der Waals surface area contributed by atoms with Crippen molar-refractivity contribution in [2.24, 2.45) is 12.0 Å². The molecule has 0 radical (unpaired) electrons. The van der Waals surface area contributed by atoms with Crippen molar-refractivity contribution < 1.29 is 4.74 Å². The van der Waals surface area contributed by atoms with E-state index in [9.17, 15) is 0 Å². The molecule has 1 N–H and O–H groups in total. The molecule has 0 aromatic carbocycles. The fourth-order valence-corrected chi connectivity index (χ4v) is 2.36. The fourth-order valence-electron chi connectivity index (χ4n) is 1.79. The number of nitrogens with zero attached hydrogens (tertiary/aromatic N) is 3. The minimum absolute atomic E-state index is 0.217. The molecule has 0 fully saturated rings. The lowest BCUT2D eigenvalue weighted by Crippen LogP contribution is -2.45. The Hall–Kier alpha value is -1.01. The molecule has 0 unspecified atom stereocenters. The van der Waals surface area contributed by atoms with Crippen LogP contribution in [-0.4, -0.2) is 48.8 Å². The van der Waals surface area contributed by atoms with E-state index in [2.05, 4.69) is 41.8 Å². The zero-order chi connectivity index (χ0) is 15.3. The SMILES string of the molecule is CN=C(NCC(C)(C)OC)N(C)Cc1cc(Br)cn1C. The summed E-state index contributed by atoms with van der Waals surface area (Å²) in [5.74, 6) is 0.854. The van der Waals surface area contributed by atoms with Crippen LogP contribution in [0.5, 0.6) is 0 Å². The molecule has 1 heterocycles. The minimum Gasteiger partial charge on any atom is -0.377 e. The number of aromatic nitrogens is 1. The third-order valence-corrected chi connectivity index (χ3v) is 3.71. The van der Waals surface area contributed by atoms with Crippen molar-refractivity contribution in [1.29, 1.82) is 0 Å². The lowest BCUT2D eigenvalue weighted by Gasteiger charge is -2.28. The van der Waals surface area contributed by atoms with Crippen LogP contribution in [0.25, 0.3) is 0 Å². The van der Waals surface area contributed by atoms with Crippen molar-refractivity contribution in [3.63, 3.8) is 0 Å². The van der Waals surface area contributed by atoms with E-state index in [4.69, 9.17) is 4.74 Å². The highest BCUT2D eigenvalue weighted by Gasteiger charge is 2.18. The molecule has 0 saturated carbocycles. The lowest BCUT2D eigenvalue weighted by molar-refractivity contribution is 0.0264. The second-order valence-electron chi connectivity index (χ2n) is 5.48. The summed E-state index contributed by atoms with van der Waals surface area (Å²) in [6.45, 7) is 5.58. The van der Waals surface area contributed by atoms with Gasteiger partial charge in [0.1, 0.15) is 0 Å². The number of methoxy groups -OCH3 is 1. The largest absolute Gasteiger partial charge is 0.377 e. The van der Waals surface area contributed by atoms with Crippen molar-refractivity contribution in [2.45, 2.75) is 26.0 Å². The summed E-state index contributed by atoms with van der Waals surface area (Å²) in [5.41, 5.74) is 0.999. The normalized spacial score (nSPS) is 12.7. The third-order valence-electron chi connectivity index (χ3n) is 3.27. The highest BCUT2D eigenvalue weighted by molar-refractivity contribution is 9.10. The predicted molar refractivity (Wildman–Crippen MR) is 87.0 cm³/mol. The molecule has 0 atom stereocenters. The van der Waals surface area contributed by atoms with Gasteiger partial charge in [-0.2, -0.15) is 0 Å². The van der Waals surface area contributed by atoms with Crippen LogP contribution >= 0.6 is 15.9 Å². The van der Waals surface area contributed by atoms with Crippen LogP contribution in [0, 0.1) is 0 Å². The molecular formula is C14H25BrN4O. The monoisotopic (exact) mass is 344 g/mol. The molecular weight excluding hydrogens is 320 g/mol. The van der Waals surface area contributed by atoms with Crippen molar-refractivity contribution in [3.05, 3.63) is 22.4 Å². The first kappa shape index (κ1) is 17.0. The molecule has 0 aliphatic rings. The van der Waals surface area contributed by atoms with Gasteiger partial charge in [-0.3, -0.25) is 4.99 Å². The van der Waals surface area contributed by atoms with E-state index in [-0.39, 0.29) is 5.60 Å². The van der Waals surface area contributed by atoms with Crippen molar-refractivity contribution in [1.82, 2.24) is 14.8 Å². The number of guanidine groups is 1. The summed E-state index contributed by atoms with van der Waals surface area (Å²) in [4.78, 5) is 6.40. The van der Waals surface area contributed by atoms with E-state index in [0.29, 0.717) is 6.54 Å². The molecule has 20 heavy (non-hydrogen) atoms. The van der Waals surface area contributed by atoms with E-state index in [1.807, 2.05) is 34.1 Å². The molecule has 1 aromatic heterocycles. The van der Waals surface area contributed by atoms with Gasteiger partial charge >= 0.3 is 0 Å². The Morgan fingerprint density at radius 2 is 2.20 bits per heavy atom. The number of halogens is 1. The van der Waals surface area contributed by atoms with Crippen LogP contribution in [0.4, 0.5) is 0 Å². The maximum Gasteiger partial charge on any atom is 0.193 e. The average Bonchev–Trinajstić information content (AvgIpc) is 2.68. The summed E-state index contributed by atoms with van der Waals surface area (Å²) in [7, 11) is 7.57. The first-order valence-electron chi connectivity index (χ1n) is 6.56. The Balaban J connectivity index is 2.64. The second kappa shape index (κ2) is 7.13. The number of hydrogen-bond donors (Lipinski definition) is 1. The van der Waals surface area contributed by atoms with Crippen molar-refractivity contribution >= 4 is 21.9 Å². The Morgan fingerprint density at radius 1 is 1.55 bits per heavy atom. The fraction of sp³-hybridized carbons (Fsp3) is 0.643. The number of hydrogen-bond acceptors (Lipinski definition) is 2. The molecule has 1 aromatic rings. The van der Waals surface area contributed by atoms with Crippen LogP contribution < -0.4 is 5.32 Å². The van der Waals surface area contributed by atoms with Gasteiger partial charge in [-0.15, -0.1) is 0 Å². The molecule has 0 aliphatic heterocycles. The number of rotatable bonds is 5. The standard InChI is InChI=1S/C14H25BrN4O/c1-14(2,20-6)10-17-13(16-3)19(5)9-12-7-11(15)8-18(12)4/h7-8H,9-10H2,1-6H3,(H,16,17). The van der Waals surface area contributed by atoms with E-state index < -0.39 is 0 Å². The van der Waals surface area contributed by atoms with Gasteiger partial charge in [-0.25, -0.2) is 0 Å². The molecule has 0 spiro atoms. The number of aliphatic imine (C=N–C) groups is 1. The summed E-state index contributed by atoms with van der Waals surface area (Å²) >= 11 is 3.49. The van der Waals surface area contributed by atoms with Gasteiger partial charge in [0.2, 0.25) is 0 Å². The highest BCUT2D eigenvalue weighted by Crippen LogP contribution is 2.15. The predicted octanol–water partition coefficient (Wildman–Crippen LogP) is 2.22. The second-order valence-corrected chi connectivity index (χ2v) is 6.40. The topological polar surface area (TPSA) is 41.8 Å². The van der Waals surface area contributed by atoms with Gasteiger partial charge in [-0.05, 0) is 35.8 Å². The first-order chi connectivity index (χ1) is 9.29. The minimum atomic E-state index is -0.217. The Morgan fingerprint density at radius 3 is 2.65 bits per heavy atom. The van der Waals surface area contributed by atoms with Crippen LogP contribution in [0.2, 0.25) is 0 Å². The van der Waals surface area contributed by atoms with Gasteiger partial charge in [0.15, 0.2) is 5.96 Å². The highest BCUT2D eigenvalue weighted by atomic mass is 79.9. The van der Waals surface area contributed by atoms with Gasteiger partial charge in [0, 0.05) is 51.2 Å². The van der Waals surface area contributed by atoms with Gasteiger partial charge in [0.25, 0.3) is 0 Å². The van der Waals surface area contributed by atoms with E-state index in [0.717, 1.165) is 17.0 Å². The van der Waals surface area contributed by atoms with Gasteiger partial charge in [-0.1, -0.05) is 0 Å². The molecule has 114 valence electrons. The van der Waals surface area contributed by atoms with Crippen LogP contribution in [0.3, 0.4) is 0 Å².